The summed E-state index contributed by atoms with van der Waals surface area (Å²) in [7, 11) is 0. The van der Waals surface area contributed by atoms with Crippen LogP contribution in [0.15, 0.2) is 71.8 Å². The molecule has 1 heterocycles. The Labute approximate surface area is 255 Å². The molecule has 0 bridgehead atoms. The number of non-ortho nitro benzene ring substituents is 1. The van der Waals surface area contributed by atoms with E-state index in [2.05, 4.69) is 52.9 Å². The second kappa shape index (κ2) is 13.0. The van der Waals surface area contributed by atoms with Gasteiger partial charge in [0.05, 0.1) is 33.1 Å². The highest BCUT2D eigenvalue weighted by Gasteiger charge is 2.19. The van der Waals surface area contributed by atoms with Crippen molar-refractivity contribution in [2.75, 3.05) is 6.61 Å². The molecule has 40 heavy (non-hydrogen) atoms. The molecule has 0 aliphatic heterocycles. The van der Waals surface area contributed by atoms with Gasteiger partial charge in [0, 0.05) is 32.6 Å². The van der Waals surface area contributed by atoms with Gasteiger partial charge in [-0.25, -0.2) is 4.98 Å². The van der Waals surface area contributed by atoms with E-state index in [1.165, 1.54) is 16.8 Å². The third-order valence-electron chi connectivity index (χ3n) is 6.18. The van der Waals surface area contributed by atoms with Crippen LogP contribution in [-0.2, 0) is 6.61 Å². The molecule has 0 spiro atoms. The van der Waals surface area contributed by atoms with Gasteiger partial charge in [0.2, 0.25) is 0 Å². The van der Waals surface area contributed by atoms with Gasteiger partial charge in [-0.05, 0) is 87.2 Å². The fourth-order valence-corrected chi connectivity index (χ4v) is 5.16. The van der Waals surface area contributed by atoms with Crippen molar-refractivity contribution < 1.29 is 14.4 Å². The lowest BCUT2D eigenvalue weighted by atomic mass is 10.1. The monoisotopic (exact) mass is 734 g/mol. The van der Waals surface area contributed by atoms with Crippen molar-refractivity contribution in [2.45, 2.75) is 39.7 Å². The first kappa shape index (κ1) is 29.9. The third-order valence-corrected chi connectivity index (χ3v) is 8.82. The Hall–Kier alpha value is -3.09. The molecule has 0 saturated heterocycles. The summed E-state index contributed by atoms with van der Waals surface area (Å²) in [5, 5.41) is 16.0. The number of fused-ring (bicyclic) bond motifs is 1. The number of ether oxygens (including phenoxy) is 2. The standard InChI is InChI=1S/C28H25Br3N4O5/c1-4-16(3)27-33-22-11-8-19(29)13-21(22)28(36)34(27)32-14-18-12-23(39-5-2)26(25(31)24(18)30)40-15-17-6-9-20(10-7-17)35(37)38/h6-14,16H,4-5,15H2,1-3H3/t16-/m0/s1. The largest absolute Gasteiger partial charge is 0.490 e. The van der Waals surface area contributed by atoms with E-state index in [-0.39, 0.29) is 23.8 Å². The number of nitro benzene ring substituents is 1. The Balaban J connectivity index is 1.72. The molecule has 0 unspecified atom stereocenters. The molecule has 1 aromatic heterocycles. The predicted molar refractivity (Wildman–Crippen MR) is 166 cm³/mol. The predicted octanol–water partition coefficient (Wildman–Crippen LogP) is 7.97. The Kier molecular flexibility index (Phi) is 9.75. The first-order chi connectivity index (χ1) is 19.1. The molecule has 1 atom stereocenters. The van der Waals surface area contributed by atoms with Gasteiger partial charge >= 0.3 is 0 Å². The topological polar surface area (TPSA) is 109 Å². The van der Waals surface area contributed by atoms with Crippen molar-refractivity contribution in [3.05, 3.63) is 99.4 Å². The van der Waals surface area contributed by atoms with E-state index in [0.717, 1.165) is 16.5 Å². The molecule has 3 aromatic carbocycles. The molecular formula is C28H25Br3N4O5. The Morgan fingerprint density at radius 1 is 1.07 bits per heavy atom. The maximum atomic E-state index is 13.5. The second-order valence-corrected chi connectivity index (χ2v) is 11.4. The Morgan fingerprint density at radius 3 is 2.45 bits per heavy atom. The lowest BCUT2D eigenvalue weighted by Gasteiger charge is -2.17. The van der Waals surface area contributed by atoms with Crippen LogP contribution >= 0.6 is 47.8 Å². The van der Waals surface area contributed by atoms with Crippen LogP contribution in [0.25, 0.3) is 10.9 Å². The molecular weight excluding hydrogens is 712 g/mol. The van der Waals surface area contributed by atoms with Gasteiger partial charge in [-0.1, -0.05) is 29.8 Å². The van der Waals surface area contributed by atoms with Crippen molar-refractivity contribution in [3.63, 3.8) is 0 Å². The molecule has 12 heteroatoms. The van der Waals surface area contributed by atoms with E-state index in [0.29, 0.717) is 49.3 Å². The summed E-state index contributed by atoms with van der Waals surface area (Å²) in [5.41, 5.74) is 1.77. The molecule has 0 aliphatic rings. The number of hydrogen-bond donors (Lipinski definition) is 0. The molecule has 0 N–H and O–H groups in total. The minimum absolute atomic E-state index is 0.00209. The maximum absolute atomic E-state index is 13.5. The molecule has 208 valence electrons. The van der Waals surface area contributed by atoms with E-state index in [4.69, 9.17) is 14.5 Å². The van der Waals surface area contributed by atoms with Crippen LogP contribution in [0.3, 0.4) is 0 Å². The SMILES string of the molecule is CCOc1cc(C=Nn2c([C@@H](C)CC)nc3ccc(Br)cc3c2=O)c(Br)c(Br)c1OCc1ccc([N+](=O)[O-])cc1. The van der Waals surface area contributed by atoms with Crippen LogP contribution < -0.4 is 15.0 Å². The zero-order valence-corrected chi connectivity index (χ0v) is 26.6. The Bertz CT molecular complexity index is 1660. The minimum atomic E-state index is -0.446. The molecule has 0 fully saturated rings. The maximum Gasteiger partial charge on any atom is 0.282 e. The highest BCUT2D eigenvalue weighted by molar-refractivity contribution is 9.13. The molecule has 0 radical (unpaired) electrons. The number of halogens is 3. The van der Waals surface area contributed by atoms with E-state index in [1.807, 2.05) is 32.9 Å². The lowest BCUT2D eigenvalue weighted by molar-refractivity contribution is -0.384. The number of aromatic nitrogens is 2. The van der Waals surface area contributed by atoms with Gasteiger partial charge in [-0.2, -0.15) is 9.78 Å². The normalized spacial score (nSPS) is 12.2. The van der Waals surface area contributed by atoms with Gasteiger partial charge in [-0.15, -0.1) is 0 Å². The quantitative estimate of drug-likeness (QED) is 0.0929. The molecule has 4 rings (SSSR count). The third kappa shape index (κ3) is 6.45. The fourth-order valence-electron chi connectivity index (χ4n) is 3.86. The van der Waals surface area contributed by atoms with Gasteiger partial charge in [0.15, 0.2) is 11.5 Å². The highest BCUT2D eigenvalue weighted by atomic mass is 79.9. The van der Waals surface area contributed by atoms with Crippen LogP contribution in [0.2, 0.25) is 0 Å². The van der Waals surface area contributed by atoms with Crippen LogP contribution in [0.5, 0.6) is 11.5 Å². The number of nitrogens with zero attached hydrogens (tertiary/aromatic N) is 4. The van der Waals surface area contributed by atoms with Gasteiger partial charge in [0.1, 0.15) is 12.4 Å². The Morgan fingerprint density at radius 2 is 1.80 bits per heavy atom. The first-order valence-electron chi connectivity index (χ1n) is 12.4. The number of hydrogen-bond acceptors (Lipinski definition) is 7. The smallest absolute Gasteiger partial charge is 0.282 e. The lowest BCUT2D eigenvalue weighted by Crippen LogP contribution is -2.23. The number of nitro groups is 1. The van der Waals surface area contributed by atoms with Crippen molar-refractivity contribution in [1.29, 1.82) is 0 Å². The average molecular weight is 737 g/mol. The van der Waals surface area contributed by atoms with Crippen LogP contribution in [0.4, 0.5) is 5.69 Å². The van der Waals surface area contributed by atoms with Gasteiger partial charge < -0.3 is 9.47 Å². The second-order valence-electron chi connectivity index (χ2n) is 8.87. The van der Waals surface area contributed by atoms with Gasteiger partial charge in [-0.3, -0.25) is 14.9 Å². The van der Waals surface area contributed by atoms with Crippen molar-refractivity contribution in [3.8, 4) is 11.5 Å². The van der Waals surface area contributed by atoms with Crippen molar-refractivity contribution in [2.24, 2.45) is 5.10 Å². The molecule has 0 saturated carbocycles. The van der Waals surface area contributed by atoms with E-state index < -0.39 is 4.92 Å². The number of benzene rings is 3. The summed E-state index contributed by atoms with van der Waals surface area (Å²) in [6, 6.07) is 13.3. The van der Waals surface area contributed by atoms with Crippen molar-refractivity contribution in [1.82, 2.24) is 9.66 Å². The first-order valence-corrected chi connectivity index (χ1v) is 14.8. The minimum Gasteiger partial charge on any atom is -0.490 e. The summed E-state index contributed by atoms with van der Waals surface area (Å²) >= 11 is 10.6. The zero-order valence-electron chi connectivity index (χ0n) is 21.9. The van der Waals surface area contributed by atoms with Crippen molar-refractivity contribution >= 4 is 70.6 Å². The number of rotatable bonds is 10. The summed E-state index contributed by atoms with van der Waals surface area (Å²) in [4.78, 5) is 28.7. The van der Waals surface area contributed by atoms with E-state index in [1.54, 1.807) is 30.5 Å². The highest BCUT2D eigenvalue weighted by Crippen LogP contribution is 2.43. The zero-order chi connectivity index (χ0) is 29.0. The molecule has 0 amide bonds. The molecule has 9 nitrogen and oxygen atoms in total. The van der Waals surface area contributed by atoms with Gasteiger partial charge in [0.25, 0.3) is 11.2 Å². The fraction of sp³-hybridized carbons (Fsp3) is 0.250. The summed E-state index contributed by atoms with van der Waals surface area (Å²) in [5.74, 6) is 1.50. The van der Waals surface area contributed by atoms with Crippen LogP contribution in [0, 0.1) is 10.1 Å². The summed E-state index contributed by atoms with van der Waals surface area (Å²) in [6.07, 6.45) is 2.37. The summed E-state index contributed by atoms with van der Waals surface area (Å²) in [6.45, 7) is 6.46. The van der Waals surface area contributed by atoms with Crippen LogP contribution in [0.1, 0.15) is 50.1 Å². The molecule has 4 aromatic rings. The average Bonchev–Trinajstić information content (AvgIpc) is 2.94. The van der Waals surface area contributed by atoms with E-state index >= 15 is 0 Å². The van der Waals surface area contributed by atoms with Crippen LogP contribution in [-0.4, -0.2) is 27.4 Å². The van der Waals surface area contributed by atoms with E-state index in [9.17, 15) is 14.9 Å². The molecule has 0 aliphatic carbocycles. The summed E-state index contributed by atoms with van der Waals surface area (Å²) < 4.78 is 15.3.